The highest BCUT2D eigenvalue weighted by Gasteiger charge is 2.23. The SMILES string of the molecule is CCn1c(SCC(=O)c2ccccc2)nnc1[C@@H](C)NS(=O)(=O)c1ccc(Cl)cc1. The molecule has 0 aliphatic heterocycles. The van der Waals surface area contributed by atoms with Crippen molar-refractivity contribution >= 4 is 39.2 Å². The lowest BCUT2D eigenvalue weighted by atomic mass is 10.2. The summed E-state index contributed by atoms with van der Waals surface area (Å²) in [6.07, 6.45) is 0. The van der Waals surface area contributed by atoms with Crippen molar-refractivity contribution in [1.29, 1.82) is 0 Å². The Balaban J connectivity index is 1.72. The first-order valence-electron chi connectivity index (χ1n) is 9.24. The van der Waals surface area contributed by atoms with Gasteiger partial charge in [0.25, 0.3) is 0 Å². The Morgan fingerprint density at radius 3 is 2.43 bits per heavy atom. The lowest BCUT2D eigenvalue weighted by Crippen LogP contribution is -2.29. The fourth-order valence-corrected chi connectivity index (χ4v) is 5.06. The van der Waals surface area contributed by atoms with Gasteiger partial charge in [0.2, 0.25) is 10.0 Å². The molecule has 7 nitrogen and oxygen atoms in total. The Labute approximate surface area is 184 Å². The summed E-state index contributed by atoms with van der Waals surface area (Å²) in [5.74, 6) is 0.682. The average molecular weight is 465 g/mol. The van der Waals surface area contributed by atoms with Crippen LogP contribution < -0.4 is 4.72 Å². The van der Waals surface area contributed by atoms with Gasteiger partial charge < -0.3 is 4.57 Å². The fourth-order valence-electron chi connectivity index (χ4n) is 2.83. The first kappa shape index (κ1) is 22.5. The number of benzene rings is 2. The van der Waals surface area contributed by atoms with Gasteiger partial charge in [-0.25, -0.2) is 13.1 Å². The second-order valence-corrected chi connectivity index (χ2v) is 9.55. The summed E-state index contributed by atoms with van der Waals surface area (Å²) in [5.41, 5.74) is 0.636. The van der Waals surface area contributed by atoms with Gasteiger partial charge in [0, 0.05) is 17.1 Å². The number of nitrogens with zero attached hydrogens (tertiary/aromatic N) is 3. The average Bonchev–Trinajstić information content (AvgIpc) is 3.15. The van der Waals surface area contributed by atoms with Gasteiger partial charge in [-0.3, -0.25) is 4.79 Å². The monoisotopic (exact) mass is 464 g/mol. The van der Waals surface area contributed by atoms with Crippen molar-refractivity contribution in [3.8, 4) is 0 Å². The molecule has 1 aromatic heterocycles. The van der Waals surface area contributed by atoms with Crippen LogP contribution in [0.2, 0.25) is 5.02 Å². The number of sulfonamides is 1. The molecule has 0 saturated heterocycles. The van der Waals surface area contributed by atoms with E-state index < -0.39 is 16.1 Å². The molecule has 3 rings (SSSR count). The number of rotatable bonds is 9. The van der Waals surface area contributed by atoms with Crippen molar-refractivity contribution in [2.24, 2.45) is 0 Å². The van der Waals surface area contributed by atoms with Crippen molar-refractivity contribution in [1.82, 2.24) is 19.5 Å². The molecule has 1 atom stereocenters. The molecule has 3 aromatic rings. The zero-order valence-electron chi connectivity index (χ0n) is 16.4. The van der Waals surface area contributed by atoms with Gasteiger partial charge >= 0.3 is 0 Å². The molecule has 0 radical (unpaired) electrons. The van der Waals surface area contributed by atoms with E-state index in [2.05, 4.69) is 14.9 Å². The topological polar surface area (TPSA) is 93.9 Å². The predicted octanol–water partition coefficient (Wildman–Crippen LogP) is 3.97. The molecule has 0 unspecified atom stereocenters. The maximum Gasteiger partial charge on any atom is 0.241 e. The van der Waals surface area contributed by atoms with Gasteiger partial charge in [-0.2, -0.15) is 0 Å². The highest BCUT2D eigenvalue weighted by molar-refractivity contribution is 7.99. The maximum atomic E-state index is 12.6. The van der Waals surface area contributed by atoms with Gasteiger partial charge in [0.15, 0.2) is 16.8 Å². The molecule has 0 aliphatic rings. The summed E-state index contributed by atoms with van der Waals surface area (Å²) in [6, 6.07) is 14.4. The minimum atomic E-state index is -3.75. The lowest BCUT2D eigenvalue weighted by molar-refractivity contribution is 0.102. The van der Waals surface area contributed by atoms with Gasteiger partial charge in [0.05, 0.1) is 16.7 Å². The highest BCUT2D eigenvalue weighted by atomic mass is 35.5. The Morgan fingerprint density at radius 1 is 1.13 bits per heavy atom. The van der Waals surface area contributed by atoms with E-state index >= 15 is 0 Å². The van der Waals surface area contributed by atoms with Crippen LogP contribution in [-0.2, 0) is 16.6 Å². The standard InChI is InChI=1S/C20H21ClN4O3S2/c1-3-25-19(14(2)24-30(27,28)17-11-9-16(21)10-12-17)22-23-20(25)29-13-18(26)15-7-5-4-6-8-15/h4-12,14,24H,3,13H2,1-2H3/t14-/m1/s1. The molecule has 1 N–H and O–H groups in total. The van der Waals surface area contributed by atoms with Crippen LogP contribution in [0.4, 0.5) is 0 Å². The fraction of sp³-hybridized carbons (Fsp3) is 0.250. The third-order valence-corrected chi connectivity index (χ3v) is 7.11. The molecule has 0 aliphatic carbocycles. The third kappa shape index (κ3) is 5.28. The summed E-state index contributed by atoms with van der Waals surface area (Å²) in [6.45, 7) is 4.15. The molecule has 0 fully saturated rings. The molecule has 0 bridgehead atoms. The van der Waals surface area contributed by atoms with E-state index in [4.69, 9.17) is 11.6 Å². The Kier molecular flexibility index (Phi) is 7.30. The summed E-state index contributed by atoms with van der Waals surface area (Å²) < 4.78 is 29.7. The number of nitrogens with one attached hydrogen (secondary N) is 1. The molecule has 0 spiro atoms. The van der Waals surface area contributed by atoms with Crippen molar-refractivity contribution in [3.05, 3.63) is 71.0 Å². The van der Waals surface area contributed by atoms with E-state index in [-0.39, 0.29) is 16.4 Å². The maximum absolute atomic E-state index is 12.6. The summed E-state index contributed by atoms with van der Waals surface area (Å²) in [4.78, 5) is 12.5. The molecule has 1 heterocycles. The number of hydrogen-bond donors (Lipinski definition) is 1. The minimum Gasteiger partial charge on any atom is -0.305 e. The number of aromatic nitrogens is 3. The van der Waals surface area contributed by atoms with Crippen LogP contribution in [0.3, 0.4) is 0 Å². The van der Waals surface area contributed by atoms with Crippen LogP contribution in [0.15, 0.2) is 64.6 Å². The molecular formula is C20H21ClN4O3S2. The number of carbonyl (C=O) groups excluding carboxylic acids is 1. The molecule has 2 aromatic carbocycles. The van der Waals surface area contributed by atoms with Crippen LogP contribution in [0, 0.1) is 0 Å². The van der Waals surface area contributed by atoms with Crippen LogP contribution in [0.25, 0.3) is 0 Å². The first-order chi connectivity index (χ1) is 14.3. The van der Waals surface area contributed by atoms with Gasteiger partial charge in [-0.15, -0.1) is 10.2 Å². The van der Waals surface area contributed by atoms with Gasteiger partial charge in [-0.05, 0) is 38.1 Å². The van der Waals surface area contributed by atoms with Crippen molar-refractivity contribution in [2.75, 3.05) is 5.75 Å². The Morgan fingerprint density at radius 2 is 1.80 bits per heavy atom. The molecular weight excluding hydrogens is 444 g/mol. The second-order valence-electron chi connectivity index (χ2n) is 6.46. The van der Waals surface area contributed by atoms with E-state index in [1.165, 1.54) is 36.0 Å². The lowest BCUT2D eigenvalue weighted by Gasteiger charge is -2.15. The number of Topliss-reactive ketones (excluding diaryl/α,β-unsaturated/α-hetero) is 1. The first-order valence-corrected chi connectivity index (χ1v) is 12.1. The highest BCUT2D eigenvalue weighted by Crippen LogP contribution is 2.23. The summed E-state index contributed by atoms with van der Waals surface area (Å²) in [7, 11) is -3.75. The molecule has 0 saturated carbocycles. The smallest absolute Gasteiger partial charge is 0.241 e. The van der Waals surface area contributed by atoms with Crippen LogP contribution in [-0.4, -0.2) is 34.7 Å². The van der Waals surface area contributed by atoms with Gasteiger partial charge in [0.1, 0.15) is 0 Å². The quantitative estimate of drug-likeness (QED) is 0.380. The molecule has 0 amide bonds. The van der Waals surface area contributed by atoms with E-state index in [0.29, 0.717) is 28.1 Å². The number of hydrogen-bond acceptors (Lipinski definition) is 6. The molecule has 10 heteroatoms. The second kappa shape index (κ2) is 9.74. The van der Waals surface area contributed by atoms with E-state index in [9.17, 15) is 13.2 Å². The summed E-state index contributed by atoms with van der Waals surface area (Å²) in [5, 5.41) is 9.34. The van der Waals surface area contributed by atoms with Crippen LogP contribution in [0.5, 0.6) is 0 Å². The largest absolute Gasteiger partial charge is 0.305 e. The van der Waals surface area contributed by atoms with E-state index in [0.717, 1.165) is 0 Å². The van der Waals surface area contributed by atoms with Crippen molar-refractivity contribution in [2.45, 2.75) is 36.5 Å². The zero-order valence-corrected chi connectivity index (χ0v) is 18.8. The molecule has 158 valence electrons. The van der Waals surface area contributed by atoms with Crippen molar-refractivity contribution in [3.63, 3.8) is 0 Å². The summed E-state index contributed by atoms with van der Waals surface area (Å²) >= 11 is 7.11. The van der Waals surface area contributed by atoms with Gasteiger partial charge in [-0.1, -0.05) is 53.7 Å². The van der Waals surface area contributed by atoms with Crippen molar-refractivity contribution < 1.29 is 13.2 Å². The number of carbonyl (C=O) groups is 1. The Hall–Kier alpha value is -2.20. The van der Waals surface area contributed by atoms with E-state index in [1.807, 2.05) is 25.1 Å². The number of halogens is 1. The zero-order chi connectivity index (χ0) is 21.7. The molecule has 30 heavy (non-hydrogen) atoms. The normalized spacial score (nSPS) is 12.6. The minimum absolute atomic E-state index is 0.00991. The number of thioether (sulfide) groups is 1. The third-order valence-electron chi connectivity index (χ3n) is 4.33. The van der Waals surface area contributed by atoms with Crippen LogP contribution >= 0.6 is 23.4 Å². The number of ketones is 1. The van der Waals surface area contributed by atoms with Crippen LogP contribution in [0.1, 0.15) is 36.1 Å². The predicted molar refractivity (Wildman–Crippen MR) is 117 cm³/mol. The van der Waals surface area contributed by atoms with E-state index in [1.54, 1.807) is 23.6 Å². The Bertz CT molecular complexity index is 1120.